The molecule has 96 valence electrons. The number of rotatable bonds is 4. The van der Waals surface area contributed by atoms with Gasteiger partial charge in [0.15, 0.2) is 17.4 Å². The quantitative estimate of drug-likeness (QED) is 0.775. The Balaban J connectivity index is 1.66. The van der Waals surface area contributed by atoms with Crippen LogP contribution in [0, 0.1) is 0 Å². The van der Waals surface area contributed by atoms with Crippen molar-refractivity contribution in [2.24, 2.45) is 0 Å². The first-order valence-electron chi connectivity index (χ1n) is 5.78. The van der Waals surface area contributed by atoms with E-state index in [0.29, 0.717) is 11.8 Å². The minimum absolute atomic E-state index is 0.400. The molecule has 0 bridgehead atoms. The minimum Gasteiger partial charge on any atom is -0.448 e. The summed E-state index contributed by atoms with van der Waals surface area (Å²) in [5.41, 5.74) is 1.99. The average Bonchev–Trinajstić information content (AvgIpc) is 3.08. The second-order valence-corrected chi connectivity index (χ2v) is 4.37. The summed E-state index contributed by atoms with van der Waals surface area (Å²) in [7, 11) is 0. The number of hydrogen-bond acceptors (Lipinski definition) is 4. The van der Waals surface area contributed by atoms with Crippen LogP contribution >= 0.6 is 11.6 Å². The van der Waals surface area contributed by atoms with E-state index < -0.39 is 0 Å². The largest absolute Gasteiger partial charge is 0.448 e. The van der Waals surface area contributed by atoms with Crippen LogP contribution in [0.4, 0.5) is 5.69 Å². The molecule has 1 aromatic carbocycles. The van der Waals surface area contributed by atoms with E-state index in [2.05, 4.69) is 10.3 Å². The van der Waals surface area contributed by atoms with E-state index in [1.807, 2.05) is 30.3 Å². The number of aromatic nitrogens is 1. The first-order chi connectivity index (χ1) is 9.31. The third kappa shape index (κ3) is 2.80. The lowest BCUT2D eigenvalue weighted by atomic mass is 10.1. The lowest BCUT2D eigenvalue weighted by Crippen LogP contribution is -1.97. The van der Waals surface area contributed by atoms with Crippen molar-refractivity contribution in [1.82, 2.24) is 4.98 Å². The standard InChI is InChI=1S/C14H11ClN2O2/c15-14-6-5-12(19-14)7-17-11-3-1-10(2-4-11)13-8-16-9-18-13/h1-6,8-9,17H,7H2. The summed E-state index contributed by atoms with van der Waals surface area (Å²) in [6.45, 7) is 0.592. The fourth-order valence-electron chi connectivity index (χ4n) is 1.75. The number of hydrogen-bond donors (Lipinski definition) is 1. The summed E-state index contributed by atoms with van der Waals surface area (Å²) < 4.78 is 10.5. The zero-order valence-electron chi connectivity index (χ0n) is 9.97. The van der Waals surface area contributed by atoms with E-state index in [4.69, 9.17) is 20.4 Å². The maximum Gasteiger partial charge on any atom is 0.193 e. The van der Waals surface area contributed by atoms with Crippen LogP contribution in [-0.2, 0) is 6.54 Å². The molecular weight excluding hydrogens is 264 g/mol. The second kappa shape index (κ2) is 5.20. The van der Waals surface area contributed by atoms with Gasteiger partial charge in [0, 0.05) is 11.3 Å². The molecule has 0 radical (unpaired) electrons. The summed E-state index contributed by atoms with van der Waals surface area (Å²) in [5.74, 6) is 1.55. The molecule has 0 saturated heterocycles. The van der Waals surface area contributed by atoms with E-state index >= 15 is 0 Å². The molecule has 2 heterocycles. The number of benzene rings is 1. The number of anilines is 1. The Bertz CT molecular complexity index is 644. The molecule has 0 unspecified atom stereocenters. The molecule has 0 aliphatic heterocycles. The van der Waals surface area contributed by atoms with Gasteiger partial charge in [0.1, 0.15) is 5.76 Å². The zero-order chi connectivity index (χ0) is 13.1. The van der Waals surface area contributed by atoms with Crippen molar-refractivity contribution in [3.63, 3.8) is 0 Å². The van der Waals surface area contributed by atoms with Gasteiger partial charge in [-0.15, -0.1) is 0 Å². The fraction of sp³-hybridized carbons (Fsp3) is 0.0714. The van der Waals surface area contributed by atoms with Crippen LogP contribution in [0.15, 0.2) is 57.8 Å². The lowest BCUT2D eigenvalue weighted by Gasteiger charge is -2.04. The van der Waals surface area contributed by atoms with Gasteiger partial charge in [0.2, 0.25) is 0 Å². The van der Waals surface area contributed by atoms with Crippen molar-refractivity contribution in [1.29, 1.82) is 0 Å². The van der Waals surface area contributed by atoms with Gasteiger partial charge in [0.25, 0.3) is 0 Å². The Morgan fingerprint density at radius 2 is 1.95 bits per heavy atom. The normalized spacial score (nSPS) is 10.6. The summed E-state index contributed by atoms with van der Waals surface area (Å²) in [6, 6.07) is 11.5. The Kier molecular flexibility index (Phi) is 3.25. The van der Waals surface area contributed by atoms with Crippen molar-refractivity contribution in [3.05, 3.63) is 60.0 Å². The van der Waals surface area contributed by atoms with E-state index in [9.17, 15) is 0 Å². The van der Waals surface area contributed by atoms with Gasteiger partial charge >= 0.3 is 0 Å². The van der Waals surface area contributed by atoms with Gasteiger partial charge in [-0.1, -0.05) is 0 Å². The summed E-state index contributed by atoms with van der Waals surface area (Å²) in [5, 5.41) is 3.65. The number of furan rings is 1. The predicted molar refractivity (Wildman–Crippen MR) is 73.0 cm³/mol. The zero-order valence-corrected chi connectivity index (χ0v) is 10.7. The van der Waals surface area contributed by atoms with Gasteiger partial charge < -0.3 is 14.2 Å². The van der Waals surface area contributed by atoms with Crippen LogP contribution in [0.3, 0.4) is 0 Å². The highest BCUT2D eigenvalue weighted by atomic mass is 35.5. The molecule has 0 aliphatic rings. The number of nitrogens with zero attached hydrogens (tertiary/aromatic N) is 1. The molecule has 19 heavy (non-hydrogen) atoms. The third-order valence-electron chi connectivity index (χ3n) is 2.70. The first-order valence-corrected chi connectivity index (χ1v) is 6.16. The Morgan fingerprint density at radius 1 is 1.11 bits per heavy atom. The van der Waals surface area contributed by atoms with Crippen molar-refractivity contribution in [3.8, 4) is 11.3 Å². The average molecular weight is 275 g/mol. The third-order valence-corrected chi connectivity index (χ3v) is 2.90. The van der Waals surface area contributed by atoms with Crippen LogP contribution in [0.25, 0.3) is 11.3 Å². The predicted octanol–water partition coefficient (Wildman–Crippen LogP) is 4.20. The topological polar surface area (TPSA) is 51.2 Å². The van der Waals surface area contributed by atoms with E-state index in [0.717, 1.165) is 22.8 Å². The molecule has 0 fully saturated rings. The molecular formula is C14H11ClN2O2. The van der Waals surface area contributed by atoms with Crippen molar-refractivity contribution in [2.45, 2.75) is 6.54 Å². The van der Waals surface area contributed by atoms with Crippen molar-refractivity contribution in [2.75, 3.05) is 5.32 Å². The SMILES string of the molecule is Clc1ccc(CNc2ccc(-c3cnco3)cc2)o1. The molecule has 0 aliphatic carbocycles. The van der Waals surface area contributed by atoms with Crippen LogP contribution in [0.5, 0.6) is 0 Å². The van der Waals surface area contributed by atoms with Gasteiger partial charge in [-0.05, 0) is 48.0 Å². The summed E-state index contributed by atoms with van der Waals surface area (Å²) in [4.78, 5) is 3.89. The molecule has 3 aromatic rings. The minimum atomic E-state index is 0.400. The van der Waals surface area contributed by atoms with Gasteiger partial charge in [-0.25, -0.2) is 4.98 Å². The highest BCUT2D eigenvalue weighted by Gasteiger charge is 2.02. The van der Waals surface area contributed by atoms with Gasteiger partial charge in [-0.2, -0.15) is 0 Å². The van der Waals surface area contributed by atoms with Crippen LogP contribution in [0.2, 0.25) is 5.22 Å². The van der Waals surface area contributed by atoms with Crippen molar-refractivity contribution >= 4 is 17.3 Å². The second-order valence-electron chi connectivity index (χ2n) is 4.00. The fourth-order valence-corrected chi connectivity index (χ4v) is 1.91. The number of oxazole rings is 1. The molecule has 0 amide bonds. The van der Waals surface area contributed by atoms with Crippen LogP contribution in [-0.4, -0.2) is 4.98 Å². The molecule has 0 atom stereocenters. The van der Waals surface area contributed by atoms with Crippen LogP contribution < -0.4 is 5.32 Å². The Morgan fingerprint density at radius 3 is 2.58 bits per heavy atom. The highest BCUT2D eigenvalue weighted by Crippen LogP contribution is 2.21. The van der Waals surface area contributed by atoms with E-state index in [1.165, 1.54) is 6.39 Å². The maximum atomic E-state index is 5.71. The van der Waals surface area contributed by atoms with Gasteiger partial charge in [0.05, 0.1) is 12.7 Å². The molecule has 0 spiro atoms. The van der Waals surface area contributed by atoms with E-state index in [-0.39, 0.29) is 0 Å². The summed E-state index contributed by atoms with van der Waals surface area (Å²) in [6.07, 6.45) is 3.11. The molecule has 5 heteroatoms. The highest BCUT2D eigenvalue weighted by molar-refractivity contribution is 6.28. The summed E-state index contributed by atoms with van der Waals surface area (Å²) >= 11 is 5.71. The molecule has 1 N–H and O–H groups in total. The molecule has 0 saturated carbocycles. The van der Waals surface area contributed by atoms with Crippen molar-refractivity contribution < 1.29 is 8.83 Å². The lowest BCUT2D eigenvalue weighted by molar-refractivity contribution is 0.520. The van der Waals surface area contributed by atoms with E-state index in [1.54, 1.807) is 12.3 Å². The number of nitrogens with one attached hydrogen (secondary N) is 1. The molecule has 4 nitrogen and oxygen atoms in total. The molecule has 3 rings (SSSR count). The monoisotopic (exact) mass is 274 g/mol. The van der Waals surface area contributed by atoms with Gasteiger partial charge in [-0.3, -0.25) is 0 Å². The Hall–Kier alpha value is -2.20. The molecule has 2 aromatic heterocycles. The smallest absolute Gasteiger partial charge is 0.193 e. The van der Waals surface area contributed by atoms with Crippen LogP contribution in [0.1, 0.15) is 5.76 Å². The maximum absolute atomic E-state index is 5.71. The Labute approximate surface area is 115 Å². The first kappa shape index (κ1) is 11.9. The number of halogens is 1.